The fraction of sp³-hybridized carbons (Fsp3) is 0.105. The highest BCUT2D eigenvalue weighted by Crippen LogP contribution is 2.22. The molecule has 0 radical (unpaired) electrons. The van der Waals surface area contributed by atoms with E-state index in [9.17, 15) is 13.6 Å². The highest BCUT2D eigenvalue weighted by molar-refractivity contribution is 7.12. The molecule has 3 aromatic rings. The maximum absolute atomic E-state index is 13.6. The Hall–Kier alpha value is -2.73. The summed E-state index contributed by atoms with van der Waals surface area (Å²) in [6, 6.07) is 12.2. The molecule has 1 amide bonds. The van der Waals surface area contributed by atoms with Crippen molar-refractivity contribution in [2.75, 3.05) is 5.32 Å². The summed E-state index contributed by atoms with van der Waals surface area (Å²) in [5, 5.41) is 4.18. The van der Waals surface area contributed by atoms with Crippen molar-refractivity contribution in [1.29, 1.82) is 0 Å². The van der Waals surface area contributed by atoms with Gasteiger partial charge < -0.3 is 10.1 Å². The van der Waals surface area contributed by atoms with E-state index < -0.39 is 17.5 Å². The number of hydrogen-bond donors (Lipinski definition) is 1. The van der Waals surface area contributed by atoms with E-state index in [0.717, 1.165) is 35.1 Å². The Morgan fingerprint density at radius 1 is 1.16 bits per heavy atom. The molecule has 0 atom stereocenters. The fourth-order valence-electron chi connectivity index (χ4n) is 2.23. The average molecular weight is 359 g/mol. The van der Waals surface area contributed by atoms with Crippen LogP contribution in [0.4, 0.5) is 14.5 Å². The molecule has 1 heterocycles. The molecule has 3 rings (SSSR count). The topological polar surface area (TPSA) is 38.3 Å². The third kappa shape index (κ3) is 4.22. The first kappa shape index (κ1) is 17.1. The number of rotatable bonds is 5. The standard InChI is InChI=1S/C19H15F2NO2S/c1-12-4-2-3-5-17(12)24-10-13-8-18(25-11-13)19(23)22-16-9-14(20)6-7-15(16)21/h2-9,11H,10H2,1H3,(H,22,23). The van der Waals surface area contributed by atoms with Crippen LogP contribution in [0.5, 0.6) is 5.75 Å². The zero-order chi connectivity index (χ0) is 17.8. The van der Waals surface area contributed by atoms with Crippen LogP contribution in [-0.2, 0) is 6.61 Å². The van der Waals surface area contributed by atoms with Crippen molar-refractivity contribution < 1.29 is 18.3 Å². The molecule has 3 nitrogen and oxygen atoms in total. The van der Waals surface area contributed by atoms with Crippen LogP contribution in [0.2, 0.25) is 0 Å². The highest BCUT2D eigenvalue weighted by atomic mass is 32.1. The zero-order valence-electron chi connectivity index (χ0n) is 13.4. The molecule has 25 heavy (non-hydrogen) atoms. The van der Waals surface area contributed by atoms with Crippen molar-refractivity contribution in [2.24, 2.45) is 0 Å². The number of para-hydroxylation sites is 1. The molecule has 0 aliphatic heterocycles. The second kappa shape index (κ2) is 7.44. The summed E-state index contributed by atoms with van der Waals surface area (Å²) in [6.45, 7) is 2.28. The summed E-state index contributed by atoms with van der Waals surface area (Å²) in [5.74, 6) is -1.01. The third-order valence-corrected chi connectivity index (χ3v) is 4.52. The van der Waals surface area contributed by atoms with Gasteiger partial charge in [0, 0.05) is 11.6 Å². The number of ether oxygens (including phenoxy) is 1. The Kier molecular flexibility index (Phi) is 5.09. The molecule has 0 bridgehead atoms. The van der Waals surface area contributed by atoms with Gasteiger partial charge >= 0.3 is 0 Å². The predicted octanol–water partition coefficient (Wildman–Crippen LogP) is 5.17. The summed E-state index contributed by atoms with van der Waals surface area (Å²) in [6.07, 6.45) is 0. The van der Waals surface area contributed by atoms with Crippen LogP contribution >= 0.6 is 11.3 Å². The van der Waals surface area contributed by atoms with Gasteiger partial charge in [-0.05, 0) is 42.1 Å². The average Bonchev–Trinajstić information content (AvgIpc) is 3.06. The first-order chi connectivity index (χ1) is 12.0. The maximum Gasteiger partial charge on any atom is 0.265 e. The molecule has 1 N–H and O–H groups in total. The number of thiophene rings is 1. The number of hydrogen-bond acceptors (Lipinski definition) is 3. The van der Waals surface area contributed by atoms with Crippen molar-refractivity contribution in [3.05, 3.63) is 81.5 Å². The van der Waals surface area contributed by atoms with Gasteiger partial charge in [-0.3, -0.25) is 4.79 Å². The number of benzene rings is 2. The molecule has 1 aromatic heterocycles. The molecule has 0 saturated carbocycles. The lowest BCUT2D eigenvalue weighted by Crippen LogP contribution is -2.11. The summed E-state index contributed by atoms with van der Waals surface area (Å²) < 4.78 is 32.5. The summed E-state index contributed by atoms with van der Waals surface area (Å²) >= 11 is 1.22. The quantitative estimate of drug-likeness (QED) is 0.683. The Bertz CT molecular complexity index is 908. The molecule has 0 aliphatic carbocycles. The van der Waals surface area contributed by atoms with Crippen molar-refractivity contribution in [3.8, 4) is 5.75 Å². The van der Waals surface area contributed by atoms with E-state index in [1.165, 1.54) is 11.3 Å². The number of halogens is 2. The van der Waals surface area contributed by atoms with Gasteiger partial charge in [-0.1, -0.05) is 18.2 Å². The largest absolute Gasteiger partial charge is 0.489 e. The van der Waals surface area contributed by atoms with Gasteiger partial charge in [0.25, 0.3) is 5.91 Å². The Balaban J connectivity index is 1.65. The summed E-state index contributed by atoms with van der Waals surface area (Å²) in [5.41, 5.74) is 1.67. The molecule has 0 unspecified atom stereocenters. The van der Waals surface area contributed by atoms with E-state index in [2.05, 4.69) is 5.32 Å². The van der Waals surface area contributed by atoms with E-state index >= 15 is 0 Å². The molecule has 0 saturated heterocycles. The molecule has 6 heteroatoms. The molecular weight excluding hydrogens is 344 g/mol. The lowest BCUT2D eigenvalue weighted by Gasteiger charge is -2.07. The number of anilines is 1. The SMILES string of the molecule is Cc1ccccc1OCc1csc(C(=O)Nc2cc(F)ccc2F)c1. The van der Waals surface area contributed by atoms with Crippen LogP contribution < -0.4 is 10.1 Å². The third-order valence-electron chi connectivity index (χ3n) is 3.54. The number of carbonyl (C=O) groups excluding carboxylic acids is 1. The molecule has 0 fully saturated rings. The minimum atomic E-state index is -0.686. The van der Waals surface area contributed by atoms with E-state index in [0.29, 0.717) is 11.5 Å². The Morgan fingerprint density at radius 3 is 2.76 bits per heavy atom. The van der Waals surface area contributed by atoms with Crippen LogP contribution in [0.15, 0.2) is 53.9 Å². The number of nitrogens with one attached hydrogen (secondary N) is 1. The normalized spacial score (nSPS) is 10.5. The number of carbonyl (C=O) groups is 1. The Morgan fingerprint density at radius 2 is 1.96 bits per heavy atom. The molecule has 0 aliphatic rings. The van der Waals surface area contributed by atoms with Crippen LogP contribution in [0, 0.1) is 18.6 Å². The number of aryl methyl sites for hydroxylation is 1. The van der Waals surface area contributed by atoms with Crippen molar-refractivity contribution >= 4 is 22.9 Å². The summed E-state index contributed by atoms with van der Waals surface area (Å²) in [7, 11) is 0. The van der Waals surface area contributed by atoms with Crippen molar-refractivity contribution in [1.82, 2.24) is 0 Å². The van der Waals surface area contributed by atoms with E-state index in [-0.39, 0.29) is 5.69 Å². The van der Waals surface area contributed by atoms with Crippen LogP contribution in [0.3, 0.4) is 0 Å². The summed E-state index contributed by atoms with van der Waals surface area (Å²) in [4.78, 5) is 12.6. The van der Waals surface area contributed by atoms with Gasteiger partial charge in [0.05, 0.1) is 10.6 Å². The van der Waals surface area contributed by atoms with Gasteiger partial charge in [0.1, 0.15) is 24.0 Å². The van der Waals surface area contributed by atoms with E-state index in [1.807, 2.05) is 31.2 Å². The monoisotopic (exact) mass is 359 g/mol. The van der Waals surface area contributed by atoms with Gasteiger partial charge in [0.15, 0.2) is 0 Å². The first-order valence-corrected chi connectivity index (χ1v) is 8.43. The molecule has 0 spiro atoms. The Labute approximate surface area is 147 Å². The van der Waals surface area contributed by atoms with E-state index in [4.69, 9.17) is 4.74 Å². The smallest absolute Gasteiger partial charge is 0.265 e. The molecular formula is C19H15F2NO2S. The van der Waals surface area contributed by atoms with Gasteiger partial charge in [-0.15, -0.1) is 11.3 Å². The van der Waals surface area contributed by atoms with E-state index in [1.54, 1.807) is 11.4 Å². The molecule has 2 aromatic carbocycles. The van der Waals surface area contributed by atoms with Gasteiger partial charge in [-0.2, -0.15) is 0 Å². The second-order valence-electron chi connectivity index (χ2n) is 5.45. The fourth-order valence-corrected chi connectivity index (χ4v) is 3.02. The minimum Gasteiger partial charge on any atom is -0.489 e. The van der Waals surface area contributed by atoms with Gasteiger partial charge in [-0.25, -0.2) is 8.78 Å². The van der Waals surface area contributed by atoms with Crippen molar-refractivity contribution in [3.63, 3.8) is 0 Å². The van der Waals surface area contributed by atoms with Crippen molar-refractivity contribution in [2.45, 2.75) is 13.5 Å². The second-order valence-corrected chi connectivity index (χ2v) is 6.36. The highest BCUT2D eigenvalue weighted by Gasteiger charge is 2.13. The van der Waals surface area contributed by atoms with Crippen LogP contribution in [-0.4, -0.2) is 5.91 Å². The minimum absolute atomic E-state index is 0.184. The van der Waals surface area contributed by atoms with Crippen LogP contribution in [0.1, 0.15) is 20.8 Å². The lowest BCUT2D eigenvalue weighted by atomic mass is 10.2. The zero-order valence-corrected chi connectivity index (χ0v) is 14.2. The predicted molar refractivity (Wildman–Crippen MR) is 94.1 cm³/mol. The van der Waals surface area contributed by atoms with Gasteiger partial charge in [0.2, 0.25) is 0 Å². The molecule has 128 valence electrons. The van der Waals surface area contributed by atoms with Crippen LogP contribution in [0.25, 0.3) is 0 Å². The lowest BCUT2D eigenvalue weighted by molar-refractivity contribution is 0.103. The number of amides is 1. The first-order valence-electron chi connectivity index (χ1n) is 7.55. The maximum atomic E-state index is 13.6.